The van der Waals surface area contributed by atoms with Crippen LogP contribution < -0.4 is 5.73 Å². The van der Waals surface area contributed by atoms with Crippen molar-refractivity contribution in [3.05, 3.63) is 33.8 Å². The molecule has 0 aromatic heterocycles. The van der Waals surface area contributed by atoms with Gasteiger partial charge in [-0.15, -0.1) is 0 Å². The van der Waals surface area contributed by atoms with Crippen molar-refractivity contribution in [3.63, 3.8) is 0 Å². The summed E-state index contributed by atoms with van der Waals surface area (Å²) in [4.78, 5) is 0. The van der Waals surface area contributed by atoms with E-state index in [-0.39, 0.29) is 6.04 Å². The van der Waals surface area contributed by atoms with Gasteiger partial charge in [0.05, 0.1) is 6.04 Å². The summed E-state index contributed by atoms with van der Waals surface area (Å²) in [5, 5.41) is 1.23. The first-order valence-corrected chi connectivity index (χ1v) is 6.77. The van der Waals surface area contributed by atoms with E-state index < -0.39 is 6.29 Å². The fraction of sp³-hybridized carbons (Fsp3) is 0.538. The van der Waals surface area contributed by atoms with Crippen molar-refractivity contribution in [2.24, 2.45) is 5.73 Å². The number of hydrogen-bond acceptors (Lipinski definition) is 3. The zero-order valence-corrected chi connectivity index (χ0v) is 12.2. The molecule has 1 unspecified atom stereocenters. The Kier molecular flexibility index (Phi) is 6.97. The van der Waals surface area contributed by atoms with Gasteiger partial charge in [0.1, 0.15) is 0 Å². The Labute approximate surface area is 118 Å². The van der Waals surface area contributed by atoms with Crippen LogP contribution in [0.25, 0.3) is 0 Å². The van der Waals surface area contributed by atoms with Crippen LogP contribution in [0.1, 0.15) is 19.4 Å². The van der Waals surface area contributed by atoms with E-state index in [1.165, 1.54) is 0 Å². The first-order chi connectivity index (χ1) is 8.60. The number of nitrogens with two attached hydrogens (primary N) is 1. The molecule has 0 spiro atoms. The van der Waals surface area contributed by atoms with E-state index in [0.29, 0.717) is 29.7 Å². The van der Waals surface area contributed by atoms with Crippen LogP contribution in [0, 0.1) is 0 Å². The predicted octanol–water partition coefficient (Wildman–Crippen LogP) is 3.26. The predicted molar refractivity (Wildman–Crippen MR) is 75.2 cm³/mol. The standard InChI is InChI=1S/C13H19Cl2NO2/c1-3-17-13(18-4-2)12(16)8-9-10(14)6-5-7-11(9)15/h5-7,12-13H,3-4,8,16H2,1-2H3. The van der Waals surface area contributed by atoms with E-state index in [0.717, 1.165) is 5.56 Å². The lowest BCUT2D eigenvalue weighted by molar-refractivity contribution is -0.148. The molecule has 102 valence electrons. The third kappa shape index (κ3) is 4.41. The highest BCUT2D eigenvalue weighted by molar-refractivity contribution is 6.35. The molecule has 1 atom stereocenters. The van der Waals surface area contributed by atoms with Crippen LogP contribution in [0.3, 0.4) is 0 Å². The van der Waals surface area contributed by atoms with Crippen LogP contribution in [-0.2, 0) is 15.9 Å². The molecule has 0 saturated heterocycles. The molecule has 0 aliphatic carbocycles. The van der Waals surface area contributed by atoms with Crippen LogP contribution >= 0.6 is 23.2 Å². The third-order valence-corrected chi connectivity index (χ3v) is 3.22. The van der Waals surface area contributed by atoms with Crippen LogP contribution in [0.4, 0.5) is 0 Å². The van der Waals surface area contributed by atoms with Crippen molar-refractivity contribution in [3.8, 4) is 0 Å². The molecule has 0 aliphatic rings. The van der Waals surface area contributed by atoms with E-state index in [4.69, 9.17) is 38.4 Å². The van der Waals surface area contributed by atoms with E-state index in [2.05, 4.69) is 0 Å². The number of benzene rings is 1. The Hall–Kier alpha value is -0.320. The quantitative estimate of drug-likeness (QED) is 0.784. The minimum absolute atomic E-state index is 0.303. The summed E-state index contributed by atoms with van der Waals surface area (Å²) in [6, 6.07) is 5.10. The SMILES string of the molecule is CCOC(OCC)C(N)Cc1c(Cl)cccc1Cl. The first-order valence-electron chi connectivity index (χ1n) is 6.01. The summed E-state index contributed by atoms with van der Waals surface area (Å²) in [6.07, 6.45) is 0.0794. The fourth-order valence-electron chi connectivity index (χ4n) is 1.68. The van der Waals surface area contributed by atoms with Gasteiger partial charge in [-0.05, 0) is 38.0 Å². The van der Waals surface area contributed by atoms with E-state index in [1.54, 1.807) is 12.1 Å². The highest BCUT2D eigenvalue weighted by Crippen LogP contribution is 2.26. The van der Waals surface area contributed by atoms with Gasteiger partial charge in [0.15, 0.2) is 6.29 Å². The molecule has 0 fully saturated rings. The maximum atomic E-state index is 6.11. The summed E-state index contributed by atoms with van der Waals surface area (Å²) < 4.78 is 10.9. The van der Waals surface area contributed by atoms with Gasteiger partial charge < -0.3 is 15.2 Å². The largest absolute Gasteiger partial charge is 0.351 e. The number of rotatable bonds is 7. The zero-order valence-electron chi connectivity index (χ0n) is 10.7. The van der Waals surface area contributed by atoms with Crippen LogP contribution in [0.15, 0.2) is 18.2 Å². The van der Waals surface area contributed by atoms with Crippen molar-refractivity contribution < 1.29 is 9.47 Å². The van der Waals surface area contributed by atoms with Gasteiger partial charge in [-0.2, -0.15) is 0 Å². The molecule has 5 heteroatoms. The Morgan fingerprint density at radius 3 is 2.06 bits per heavy atom. The molecule has 2 N–H and O–H groups in total. The summed E-state index contributed by atoms with van der Waals surface area (Å²) >= 11 is 12.2. The van der Waals surface area contributed by atoms with E-state index in [9.17, 15) is 0 Å². The van der Waals surface area contributed by atoms with Crippen molar-refractivity contribution in [1.82, 2.24) is 0 Å². The second-order valence-electron chi connectivity index (χ2n) is 3.85. The van der Waals surface area contributed by atoms with Crippen molar-refractivity contribution in [2.45, 2.75) is 32.6 Å². The second-order valence-corrected chi connectivity index (χ2v) is 4.66. The molecule has 0 heterocycles. The number of ether oxygens (including phenoxy) is 2. The monoisotopic (exact) mass is 291 g/mol. The van der Waals surface area contributed by atoms with Crippen molar-refractivity contribution in [1.29, 1.82) is 0 Å². The highest BCUT2D eigenvalue weighted by Gasteiger charge is 2.20. The molecule has 1 aromatic carbocycles. The number of halogens is 2. The van der Waals surface area contributed by atoms with Gasteiger partial charge in [-0.3, -0.25) is 0 Å². The molecule has 1 rings (SSSR count). The lowest BCUT2D eigenvalue weighted by atomic mass is 10.1. The molecule has 3 nitrogen and oxygen atoms in total. The molecular formula is C13H19Cl2NO2. The highest BCUT2D eigenvalue weighted by atomic mass is 35.5. The lowest BCUT2D eigenvalue weighted by Gasteiger charge is -2.24. The van der Waals surface area contributed by atoms with Crippen LogP contribution in [-0.4, -0.2) is 25.5 Å². The Balaban J connectivity index is 2.75. The van der Waals surface area contributed by atoms with Gasteiger partial charge >= 0.3 is 0 Å². The molecule has 18 heavy (non-hydrogen) atoms. The fourth-order valence-corrected chi connectivity index (χ4v) is 2.23. The molecule has 0 saturated carbocycles. The van der Waals surface area contributed by atoms with Crippen LogP contribution in [0.2, 0.25) is 10.0 Å². The molecular weight excluding hydrogens is 273 g/mol. The smallest absolute Gasteiger partial charge is 0.172 e. The first kappa shape index (κ1) is 15.7. The van der Waals surface area contributed by atoms with Crippen molar-refractivity contribution in [2.75, 3.05) is 13.2 Å². The molecule has 0 radical (unpaired) electrons. The van der Waals surface area contributed by atoms with Gasteiger partial charge in [-0.25, -0.2) is 0 Å². The minimum Gasteiger partial charge on any atom is -0.351 e. The van der Waals surface area contributed by atoms with Gasteiger partial charge in [-0.1, -0.05) is 29.3 Å². The summed E-state index contributed by atoms with van der Waals surface area (Å²) in [6.45, 7) is 4.91. The summed E-state index contributed by atoms with van der Waals surface area (Å²) in [5.74, 6) is 0. The molecule has 0 bridgehead atoms. The Morgan fingerprint density at radius 1 is 1.11 bits per heavy atom. The van der Waals surface area contributed by atoms with Crippen molar-refractivity contribution >= 4 is 23.2 Å². The third-order valence-electron chi connectivity index (χ3n) is 2.51. The maximum absolute atomic E-state index is 6.11. The second kappa shape index (κ2) is 7.97. The topological polar surface area (TPSA) is 44.5 Å². The maximum Gasteiger partial charge on any atom is 0.172 e. The summed E-state index contributed by atoms with van der Waals surface area (Å²) in [5.41, 5.74) is 6.92. The van der Waals surface area contributed by atoms with Gasteiger partial charge in [0.25, 0.3) is 0 Å². The minimum atomic E-state index is -0.438. The normalized spacial score (nSPS) is 13.0. The zero-order chi connectivity index (χ0) is 13.5. The average Bonchev–Trinajstić information content (AvgIpc) is 2.33. The number of hydrogen-bond donors (Lipinski definition) is 1. The van der Waals surface area contributed by atoms with Crippen LogP contribution in [0.5, 0.6) is 0 Å². The van der Waals surface area contributed by atoms with Gasteiger partial charge in [0, 0.05) is 23.3 Å². The Morgan fingerprint density at radius 2 is 1.61 bits per heavy atom. The molecule has 0 aliphatic heterocycles. The molecule has 0 amide bonds. The Bertz CT molecular complexity index is 348. The van der Waals surface area contributed by atoms with E-state index >= 15 is 0 Å². The van der Waals surface area contributed by atoms with Gasteiger partial charge in [0.2, 0.25) is 0 Å². The van der Waals surface area contributed by atoms with E-state index in [1.807, 2.05) is 19.9 Å². The molecule has 1 aromatic rings. The average molecular weight is 292 g/mol. The summed E-state index contributed by atoms with van der Waals surface area (Å²) in [7, 11) is 0. The lowest BCUT2D eigenvalue weighted by Crippen LogP contribution is -2.40.